The van der Waals surface area contributed by atoms with Crippen molar-refractivity contribution in [3.8, 4) is 0 Å². The average molecular weight is 203 g/mol. The maximum atomic E-state index is 10.6. The third kappa shape index (κ3) is 5.66. The lowest BCUT2D eigenvalue weighted by molar-refractivity contribution is -0.139. The van der Waals surface area contributed by atoms with Crippen LogP contribution in [0, 0.1) is 0 Å². The quantitative estimate of drug-likeness (QED) is 0.498. The predicted molar refractivity (Wildman–Crippen MR) is 51.0 cm³/mol. The molecule has 0 rings (SSSR count). The van der Waals surface area contributed by atoms with Gasteiger partial charge in [0.15, 0.2) is 5.78 Å². The Bertz CT molecular complexity index is 183. The Morgan fingerprint density at radius 2 is 2.00 bits per heavy atom. The van der Waals surface area contributed by atoms with E-state index in [4.69, 9.17) is 10.2 Å². The molecule has 0 saturated heterocycles. The average Bonchev–Trinajstić information content (AvgIpc) is 2.11. The highest BCUT2D eigenvalue weighted by Gasteiger charge is 2.11. The Kier molecular flexibility index (Phi) is 6.07. The topological polar surface area (TPSA) is 86.6 Å². The minimum absolute atomic E-state index is 0.253. The molecular formula is C9H17NO4. The van der Waals surface area contributed by atoms with Crippen molar-refractivity contribution in [3.63, 3.8) is 0 Å². The van der Waals surface area contributed by atoms with Gasteiger partial charge >= 0.3 is 5.97 Å². The zero-order valence-corrected chi connectivity index (χ0v) is 8.49. The van der Waals surface area contributed by atoms with Crippen LogP contribution in [0.2, 0.25) is 0 Å². The molecule has 3 N–H and O–H groups in total. The zero-order valence-electron chi connectivity index (χ0n) is 8.49. The van der Waals surface area contributed by atoms with Gasteiger partial charge in [0.2, 0.25) is 0 Å². The molecule has 2 atom stereocenters. The lowest BCUT2D eigenvalue weighted by atomic mass is 10.1. The highest BCUT2D eigenvalue weighted by molar-refractivity contribution is 5.80. The first-order valence-electron chi connectivity index (χ1n) is 4.60. The standard InChI is InChI=1S/C9H17NO4/c1-6(9(13)14)10-5-3-4-8(12)7(2)11/h6,8,10,12H,3-5H2,1-2H3,(H,13,14). The molecule has 0 aliphatic rings. The van der Waals surface area contributed by atoms with Crippen LogP contribution in [-0.2, 0) is 9.59 Å². The normalized spacial score (nSPS) is 14.8. The number of aliphatic carboxylic acids is 1. The van der Waals surface area contributed by atoms with Gasteiger partial charge in [-0.3, -0.25) is 9.59 Å². The van der Waals surface area contributed by atoms with Crippen LogP contribution in [-0.4, -0.2) is 40.7 Å². The molecule has 0 aromatic heterocycles. The lowest BCUT2D eigenvalue weighted by Gasteiger charge is -2.10. The molecule has 0 radical (unpaired) electrons. The molecule has 0 aliphatic heterocycles. The van der Waals surface area contributed by atoms with E-state index < -0.39 is 18.1 Å². The maximum absolute atomic E-state index is 10.6. The van der Waals surface area contributed by atoms with E-state index >= 15 is 0 Å². The Balaban J connectivity index is 3.47. The van der Waals surface area contributed by atoms with Gasteiger partial charge in [0.05, 0.1) is 0 Å². The molecule has 14 heavy (non-hydrogen) atoms. The lowest BCUT2D eigenvalue weighted by Crippen LogP contribution is -2.34. The summed E-state index contributed by atoms with van der Waals surface area (Å²) in [5, 5.41) is 20.4. The summed E-state index contributed by atoms with van der Waals surface area (Å²) in [7, 11) is 0. The Morgan fingerprint density at radius 3 is 2.43 bits per heavy atom. The molecule has 0 amide bonds. The number of aliphatic hydroxyl groups is 1. The van der Waals surface area contributed by atoms with Crippen LogP contribution in [0.1, 0.15) is 26.7 Å². The van der Waals surface area contributed by atoms with E-state index in [1.165, 1.54) is 6.92 Å². The van der Waals surface area contributed by atoms with Gasteiger partial charge in [0.1, 0.15) is 12.1 Å². The van der Waals surface area contributed by atoms with Crippen LogP contribution < -0.4 is 5.32 Å². The fourth-order valence-corrected chi connectivity index (χ4v) is 0.905. The Labute approximate surface area is 83.1 Å². The SMILES string of the molecule is CC(=O)C(O)CCCNC(C)C(=O)O. The van der Waals surface area contributed by atoms with Gasteiger partial charge in [-0.25, -0.2) is 0 Å². The molecule has 0 spiro atoms. The summed E-state index contributed by atoms with van der Waals surface area (Å²) in [4.78, 5) is 21.0. The molecular weight excluding hydrogens is 186 g/mol. The van der Waals surface area contributed by atoms with Crippen molar-refractivity contribution < 1.29 is 19.8 Å². The van der Waals surface area contributed by atoms with E-state index in [9.17, 15) is 9.59 Å². The van der Waals surface area contributed by atoms with Crippen LogP contribution in [0.3, 0.4) is 0 Å². The fourth-order valence-electron chi connectivity index (χ4n) is 0.905. The summed E-state index contributed by atoms with van der Waals surface area (Å²) in [5.74, 6) is -1.16. The summed E-state index contributed by atoms with van der Waals surface area (Å²) in [6, 6.07) is -0.593. The highest BCUT2D eigenvalue weighted by Crippen LogP contribution is 1.97. The molecule has 0 bridgehead atoms. The number of carboxylic acids is 1. The van der Waals surface area contributed by atoms with E-state index in [1.54, 1.807) is 6.92 Å². The van der Waals surface area contributed by atoms with Gasteiger partial charge in [0, 0.05) is 0 Å². The molecule has 0 heterocycles. The summed E-state index contributed by atoms with van der Waals surface area (Å²) in [5.41, 5.74) is 0. The van der Waals surface area contributed by atoms with Gasteiger partial charge in [-0.2, -0.15) is 0 Å². The van der Waals surface area contributed by atoms with Crippen molar-refractivity contribution in [3.05, 3.63) is 0 Å². The van der Waals surface area contributed by atoms with Gasteiger partial charge < -0.3 is 15.5 Å². The largest absolute Gasteiger partial charge is 0.480 e. The number of hydrogen-bond acceptors (Lipinski definition) is 4. The second kappa shape index (κ2) is 6.50. The first-order chi connectivity index (χ1) is 6.45. The number of ketones is 1. The van der Waals surface area contributed by atoms with E-state index in [2.05, 4.69) is 5.32 Å². The second-order valence-corrected chi connectivity index (χ2v) is 3.28. The summed E-state index contributed by atoms with van der Waals surface area (Å²) >= 11 is 0. The van der Waals surface area contributed by atoms with E-state index in [0.717, 1.165) is 0 Å². The van der Waals surface area contributed by atoms with Crippen LogP contribution in [0.15, 0.2) is 0 Å². The minimum Gasteiger partial charge on any atom is -0.480 e. The van der Waals surface area contributed by atoms with Gasteiger partial charge in [0.25, 0.3) is 0 Å². The van der Waals surface area contributed by atoms with Crippen LogP contribution in [0.25, 0.3) is 0 Å². The fraction of sp³-hybridized carbons (Fsp3) is 0.778. The Morgan fingerprint density at radius 1 is 1.43 bits per heavy atom. The number of Topliss-reactive ketones (excluding diaryl/α,β-unsaturated/α-hetero) is 1. The maximum Gasteiger partial charge on any atom is 0.320 e. The third-order valence-corrected chi connectivity index (χ3v) is 1.94. The molecule has 5 heteroatoms. The van der Waals surface area contributed by atoms with Gasteiger partial charge in [-0.15, -0.1) is 0 Å². The van der Waals surface area contributed by atoms with Crippen LogP contribution in [0.5, 0.6) is 0 Å². The zero-order chi connectivity index (χ0) is 11.1. The number of carbonyl (C=O) groups excluding carboxylic acids is 1. The first kappa shape index (κ1) is 13.1. The summed E-state index contributed by atoms with van der Waals surface area (Å²) in [6.07, 6.45) is 0.0319. The van der Waals surface area contributed by atoms with E-state index in [1.807, 2.05) is 0 Å². The van der Waals surface area contributed by atoms with Crippen LogP contribution in [0.4, 0.5) is 0 Å². The molecule has 0 aromatic carbocycles. The van der Waals surface area contributed by atoms with Crippen molar-refractivity contribution in [1.29, 1.82) is 0 Å². The number of carbonyl (C=O) groups is 2. The highest BCUT2D eigenvalue weighted by atomic mass is 16.4. The molecule has 0 saturated carbocycles. The van der Waals surface area contributed by atoms with Crippen molar-refractivity contribution >= 4 is 11.8 Å². The summed E-state index contributed by atoms with van der Waals surface area (Å²) in [6.45, 7) is 3.36. The second-order valence-electron chi connectivity index (χ2n) is 3.28. The van der Waals surface area contributed by atoms with Gasteiger partial charge in [-0.1, -0.05) is 0 Å². The number of hydrogen-bond donors (Lipinski definition) is 3. The third-order valence-electron chi connectivity index (χ3n) is 1.94. The number of carboxylic acid groups (broad SMARTS) is 1. The molecule has 0 aromatic rings. The van der Waals surface area contributed by atoms with Crippen molar-refractivity contribution in [2.75, 3.05) is 6.54 Å². The molecule has 2 unspecified atom stereocenters. The van der Waals surface area contributed by atoms with Gasteiger partial charge in [-0.05, 0) is 33.2 Å². The molecule has 82 valence electrons. The van der Waals surface area contributed by atoms with Crippen molar-refractivity contribution in [2.45, 2.75) is 38.8 Å². The monoisotopic (exact) mass is 203 g/mol. The summed E-state index contributed by atoms with van der Waals surface area (Å²) < 4.78 is 0. The Hall–Kier alpha value is -0.940. The van der Waals surface area contributed by atoms with E-state index in [0.29, 0.717) is 19.4 Å². The minimum atomic E-state index is -0.920. The smallest absolute Gasteiger partial charge is 0.320 e. The predicted octanol–water partition coefficient (Wildman–Crippen LogP) is -0.221. The van der Waals surface area contributed by atoms with Crippen molar-refractivity contribution in [2.24, 2.45) is 0 Å². The number of rotatable bonds is 7. The molecule has 0 fully saturated rings. The molecule has 5 nitrogen and oxygen atoms in total. The van der Waals surface area contributed by atoms with Crippen molar-refractivity contribution in [1.82, 2.24) is 5.32 Å². The number of aliphatic hydroxyl groups excluding tert-OH is 1. The van der Waals surface area contributed by atoms with E-state index in [-0.39, 0.29) is 5.78 Å². The first-order valence-corrected chi connectivity index (χ1v) is 4.60. The van der Waals surface area contributed by atoms with Crippen LogP contribution >= 0.6 is 0 Å². The molecule has 0 aliphatic carbocycles. The number of nitrogens with one attached hydrogen (secondary N) is 1.